The maximum Gasteiger partial charge on any atom is 0.277 e. The van der Waals surface area contributed by atoms with Crippen molar-refractivity contribution in [2.24, 2.45) is 0 Å². The molecule has 2 heterocycles. The van der Waals surface area contributed by atoms with Crippen molar-refractivity contribution in [1.29, 1.82) is 0 Å². The highest BCUT2D eigenvalue weighted by molar-refractivity contribution is 7.89. The summed E-state index contributed by atoms with van der Waals surface area (Å²) in [6, 6.07) is 4.66. The zero-order chi connectivity index (χ0) is 25.8. The molecule has 0 aliphatic carbocycles. The Labute approximate surface area is 207 Å². The van der Waals surface area contributed by atoms with E-state index in [2.05, 4.69) is 15.1 Å². The number of imidazole rings is 1. The second-order valence-electron chi connectivity index (χ2n) is 8.72. The van der Waals surface area contributed by atoms with E-state index in [1.54, 1.807) is 17.6 Å². The highest BCUT2D eigenvalue weighted by Gasteiger charge is 2.24. The smallest absolute Gasteiger partial charge is 0.277 e. The van der Waals surface area contributed by atoms with Gasteiger partial charge in [-0.05, 0) is 65.0 Å². The summed E-state index contributed by atoms with van der Waals surface area (Å²) < 4.78 is 35.3. The third kappa shape index (κ3) is 5.74. The highest BCUT2D eigenvalue weighted by atomic mass is 32.2. The molecule has 2 aromatic heterocycles. The second kappa shape index (κ2) is 11.3. The van der Waals surface area contributed by atoms with Crippen LogP contribution in [0.5, 0.6) is 5.75 Å². The fraction of sp³-hybridized carbons (Fsp3) is 0.542. The average Bonchev–Trinajstić information content (AvgIpc) is 3.17. The van der Waals surface area contributed by atoms with Crippen LogP contribution in [-0.4, -0.2) is 78.0 Å². The van der Waals surface area contributed by atoms with E-state index in [0.717, 1.165) is 13.0 Å². The normalized spacial score (nSPS) is 12.2. The first-order valence-corrected chi connectivity index (χ1v) is 13.5. The van der Waals surface area contributed by atoms with Gasteiger partial charge in [0.15, 0.2) is 11.3 Å². The fourth-order valence-electron chi connectivity index (χ4n) is 3.93. The first-order chi connectivity index (χ1) is 16.6. The third-order valence-electron chi connectivity index (χ3n) is 5.74. The molecule has 0 saturated carbocycles. The van der Waals surface area contributed by atoms with Gasteiger partial charge < -0.3 is 14.6 Å². The highest BCUT2D eigenvalue weighted by Crippen LogP contribution is 2.31. The molecule has 0 saturated heterocycles. The summed E-state index contributed by atoms with van der Waals surface area (Å²) in [6.45, 7) is 7.38. The van der Waals surface area contributed by atoms with Crippen molar-refractivity contribution in [2.45, 2.75) is 51.3 Å². The molecule has 3 aromatic rings. The van der Waals surface area contributed by atoms with E-state index >= 15 is 0 Å². The van der Waals surface area contributed by atoms with Crippen LogP contribution in [0.25, 0.3) is 16.9 Å². The van der Waals surface area contributed by atoms with E-state index in [1.807, 2.05) is 39.8 Å². The molecule has 1 N–H and O–H groups in total. The summed E-state index contributed by atoms with van der Waals surface area (Å²) in [7, 11) is 1.73. The van der Waals surface area contributed by atoms with Crippen molar-refractivity contribution in [3.8, 4) is 17.1 Å². The van der Waals surface area contributed by atoms with Crippen LogP contribution in [0.2, 0.25) is 0 Å². The number of sulfonamides is 1. The number of hydrogen-bond acceptors (Lipinski definition) is 7. The van der Waals surface area contributed by atoms with Crippen LogP contribution in [0.3, 0.4) is 0 Å². The Morgan fingerprint density at radius 3 is 2.49 bits per heavy atom. The zero-order valence-electron chi connectivity index (χ0n) is 21.5. The van der Waals surface area contributed by atoms with Crippen molar-refractivity contribution in [1.82, 2.24) is 28.8 Å². The topological polar surface area (TPSA) is 113 Å². The quantitative estimate of drug-likeness (QED) is 0.403. The van der Waals surface area contributed by atoms with Crippen LogP contribution >= 0.6 is 0 Å². The number of aryl methyl sites for hydroxylation is 2. The lowest BCUT2D eigenvalue weighted by Gasteiger charge is -2.19. The molecule has 192 valence electrons. The van der Waals surface area contributed by atoms with Gasteiger partial charge in [-0.15, -0.1) is 5.10 Å². The number of aromatic amines is 1. The first kappa shape index (κ1) is 26.8. The number of ether oxygens (including phenoxy) is 1. The van der Waals surface area contributed by atoms with Crippen molar-refractivity contribution in [3.05, 3.63) is 40.1 Å². The van der Waals surface area contributed by atoms with Crippen LogP contribution in [0.4, 0.5) is 0 Å². The lowest BCUT2D eigenvalue weighted by Crippen LogP contribution is -2.30. The van der Waals surface area contributed by atoms with Gasteiger partial charge in [-0.2, -0.15) is 0 Å². The van der Waals surface area contributed by atoms with Gasteiger partial charge in [0, 0.05) is 20.0 Å². The minimum Gasteiger partial charge on any atom is -0.493 e. The Morgan fingerprint density at radius 1 is 1.11 bits per heavy atom. The molecular formula is C24H36N6O4S. The number of nitrogens with one attached hydrogen (secondary N) is 1. The van der Waals surface area contributed by atoms with Gasteiger partial charge in [-0.1, -0.05) is 13.8 Å². The first-order valence-electron chi connectivity index (χ1n) is 12.0. The number of fused-ring (bicyclic) bond motifs is 1. The van der Waals surface area contributed by atoms with Gasteiger partial charge in [-0.25, -0.2) is 22.2 Å². The molecule has 0 atom stereocenters. The van der Waals surface area contributed by atoms with Crippen LogP contribution in [0.1, 0.15) is 45.1 Å². The monoisotopic (exact) mass is 504 g/mol. The molecular weight excluding hydrogens is 468 g/mol. The largest absolute Gasteiger partial charge is 0.493 e. The van der Waals surface area contributed by atoms with E-state index in [4.69, 9.17) is 4.74 Å². The fourth-order valence-corrected chi connectivity index (χ4v) is 5.17. The minimum atomic E-state index is -3.75. The molecule has 35 heavy (non-hydrogen) atoms. The number of rotatable bonds is 12. The molecule has 11 heteroatoms. The lowest BCUT2D eigenvalue weighted by atomic mass is 10.2. The Kier molecular flexibility index (Phi) is 8.68. The summed E-state index contributed by atoms with van der Waals surface area (Å²) in [5, 5.41) is 4.68. The zero-order valence-corrected chi connectivity index (χ0v) is 22.3. The van der Waals surface area contributed by atoms with E-state index in [-0.39, 0.29) is 16.3 Å². The molecule has 0 spiro atoms. The summed E-state index contributed by atoms with van der Waals surface area (Å²) in [5.74, 6) is 1.38. The number of benzene rings is 1. The van der Waals surface area contributed by atoms with Crippen LogP contribution < -0.4 is 10.3 Å². The molecule has 0 aliphatic heterocycles. The van der Waals surface area contributed by atoms with Crippen LogP contribution in [0, 0.1) is 0 Å². The molecule has 3 rings (SSSR count). The predicted molar refractivity (Wildman–Crippen MR) is 137 cm³/mol. The molecule has 0 bridgehead atoms. The van der Waals surface area contributed by atoms with Crippen molar-refractivity contribution in [2.75, 3.05) is 40.8 Å². The van der Waals surface area contributed by atoms with Gasteiger partial charge in [-0.3, -0.25) is 4.79 Å². The van der Waals surface area contributed by atoms with Gasteiger partial charge in [0.05, 0.1) is 22.8 Å². The van der Waals surface area contributed by atoms with E-state index in [0.29, 0.717) is 60.8 Å². The molecule has 0 radical (unpaired) electrons. The number of nitrogens with zero attached hydrogens (tertiary/aromatic N) is 5. The van der Waals surface area contributed by atoms with Gasteiger partial charge in [0.1, 0.15) is 11.6 Å². The van der Waals surface area contributed by atoms with Crippen molar-refractivity contribution < 1.29 is 13.2 Å². The van der Waals surface area contributed by atoms with Gasteiger partial charge in [0.25, 0.3) is 5.56 Å². The molecule has 10 nitrogen and oxygen atoms in total. The second-order valence-corrected chi connectivity index (χ2v) is 10.8. The molecule has 0 amide bonds. The standard InChI is InChI=1S/C24H36N6O4S/c1-7-11-21-25-19(8-2)22-24(31)26-23(27-30(21)22)18-16-17(12-13-20(18)34-9-3)35(32,33)29(6)15-10-14-28(4)5/h12-13,16H,7-11,14-15H2,1-6H3,(H,26,27,31). The maximum atomic E-state index is 13.3. The third-order valence-corrected chi connectivity index (χ3v) is 7.59. The number of aromatic nitrogens is 4. The van der Waals surface area contributed by atoms with E-state index in [1.165, 1.54) is 16.4 Å². The summed E-state index contributed by atoms with van der Waals surface area (Å²) >= 11 is 0. The maximum absolute atomic E-state index is 13.3. The summed E-state index contributed by atoms with van der Waals surface area (Å²) in [4.78, 5) is 22.6. The molecule has 0 aliphatic rings. The SMILES string of the molecule is CCCc1nc(CC)c2c(=O)[nH]c(-c3cc(S(=O)(=O)N(C)CCCN(C)C)ccc3OCC)nn12. The van der Waals surface area contributed by atoms with Crippen LogP contribution in [-0.2, 0) is 22.9 Å². The Morgan fingerprint density at radius 2 is 1.86 bits per heavy atom. The molecule has 0 fully saturated rings. The van der Waals surface area contributed by atoms with E-state index < -0.39 is 10.0 Å². The number of hydrogen-bond donors (Lipinski definition) is 1. The average molecular weight is 505 g/mol. The molecule has 1 aromatic carbocycles. The summed E-state index contributed by atoms with van der Waals surface area (Å²) in [5.41, 5.74) is 1.19. The Balaban J connectivity index is 2.12. The predicted octanol–water partition coefficient (Wildman–Crippen LogP) is 2.57. The summed E-state index contributed by atoms with van der Waals surface area (Å²) in [6.07, 6.45) is 2.83. The van der Waals surface area contributed by atoms with Gasteiger partial charge in [0.2, 0.25) is 10.0 Å². The minimum absolute atomic E-state index is 0.111. The van der Waals surface area contributed by atoms with Crippen LogP contribution in [0.15, 0.2) is 27.9 Å². The Bertz CT molecular complexity index is 1330. The lowest BCUT2D eigenvalue weighted by molar-refractivity contribution is 0.341. The Hall–Kier alpha value is -2.76. The van der Waals surface area contributed by atoms with Gasteiger partial charge >= 0.3 is 0 Å². The van der Waals surface area contributed by atoms with E-state index in [9.17, 15) is 13.2 Å². The van der Waals surface area contributed by atoms with Crippen molar-refractivity contribution >= 4 is 15.5 Å². The molecule has 0 unspecified atom stereocenters. The van der Waals surface area contributed by atoms with Crippen molar-refractivity contribution in [3.63, 3.8) is 0 Å². The number of H-pyrrole nitrogens is 1.